The summed E-state index contributed by atoms with van der Waals surface area (Å²) in [5, 5.41) is 2.98. The molecule has 1 saturated heterocycles. The standard InChI is InChI=1S/C28H39F2N3O3S/c1-5-37(35,36)32-25(28(2,3)4)19-33-14-12-20(13-15-33)16-26(34)31-27(21-8-6-10-23(29)17-21)22-9-7-11-24(30)18-22/h6-11,17-18,20,25,27,32H,5,12-16,19H2,1-4H3,(H,31,34). The van der Waals surface area contributed by atoms with Gasteiger partial charge in [-0.3, -0.25) is 4.79 Å². The Hall–Kier alpha value is -2.36. The molecule has 1 atom stereocenters. The van der Waals surface area contributed by atoms with Crippen LogP contribution in [0.3, 0.4) is 0 Å². The van der Waals surface area contributed by atoms with Crippen LogP contribution in [0.1, 0.15) is 64.1 Å². The van der Waals surface area contributed by atoms with Gasteiger partial charge in [0.2, 0.25) is 15.9 Å². The second kappa shape index (κ2) is 12.5. The number of nitrogens with zero attached hydrogens (tertiary/aromatic N) is 1. The molecule has 0 saturated carbocycles. The summed E-state index contributed by atoms with van der Waals surface area (Å²) in [6.45, 7) is 9.88. The molecule has 0 aromatic heterocycles. The van der Waals surface area contributed by atoms with Gasteiger partial charge in [0.05, 0.1) is 11.8 Å². The topological polar surface area (TPSA) is 78.5 Å². The Bertz CT molecular complexity index is 1110. The Labute approximate surface area is 219 Å². The van der Waals surface area contributed by atoms with Crippen molar-refractivity contribution in [2.24, 2.45) is 11.3 Å². The van der Waals surface area contributed by atoms with Gasteiger partial charge in [-0.15, -0.1) is 0 Å². The van der Waals surface area contributed by atoms with E-state index in [1.54, 1.807) is 31.2 Å². The third-order valence-electron chi connectivity index (χ3n) is 7.04. The predicted octanol–water partition coefficient (Wildman–Crippen LogP) is 4.63. The van der Waals surface area contributed by atoms with Crippen LogP contribution in [0, 0.1) is 23.0 Å². The number of carbonyl (C=O) groups excluding carboxylic acids is 1. The lowest BCUT2D eigenvalue weighted by atomic mass is 9.86. The van der Waals surface area contributed by atoms with Crippen molar-refractivity contribution >= 4 is 15.9 Å². The highest BCUT2D eigenvalue weighted by Crippen LogP contribution is 2.27. The van der Waals surface area contributed by atoms with E-state index in [-0.39, 0.29) is 29.0 Å². The quantitative estimate of drug-likeness (QED) is 0.465. The lowest BCUT2D eigenvalue weighted by Crippen LogP contribution is -2.52. The Morgan fingerprint density at radius 2 is 1.57 bits per heavy atom. The highest BCUT2D eigenvalue weighted by Gasteiger charge is 2.32. The van der Waals surface area contributed by atoms with Crippen LogP contribution in [-0.2, 0) is 14.8 Å². The minimum atomic E-state index is -3.32. The van der Waals surface area contributed by atoms with Gasteiger partial charge in [0.15, 0.2) is 0 Å². The first-order valence-electron chi connectivity index (χ1n) is 12.9. The molecule has 0 spiro atoms. The molecule has 3 rings (SSSR count). The average Bonchev–Trinajstić information content (AvgIpc) is 2.82. The molecule has 204 valence electrons. The van der Waals surface area contributed by atoms with Crippen LogP contribution in [0.25, 0.3) is 0 Å². The van der Waals surface area contributed by atoms with Gasteiger partial charge in [-0.1, -0.05) is 45.0 Å². The van der Waals surface area contributed by atoms with Gasteiger partial charge in [-0.2, -0.15) is 0 Å². The molecule has 1 heterocycles. The summed E-state index contributed by atoms with van der Waals surface area (Å²) < 4.78 is 55.0. The zero-order chi connectivity index (χ0) is 27.2. The number of halogens is 2. The molecule has 0 radical (unpaired) electrons. The maximum atomic E-state index is 13.9. The highest BCUT2D eigenvalue weighted by molar-refractivity contribution is 7.89. The van der Waals surface area contributed by atoms with Crippen LogP contribution in [0.15, 0.2) is 48.5 Å². The van der Waals surface area contributed by atoms with Gasteiger partial charge in [0.1, 0.15) is 11.6 Å². The summed E-state index contributed by atoms with van der Waals surface area (Å²) >= 11 is 0. The number of benzene rings is 2. The van der Waals surface area contributed by atoms with E-state index < -0.39 is 27.7 Å². The number of amides is 1. The van der Waals surface area contributed by atoms with Crippen molar-refractivity contribution in [1.29, 1.82) is 0 Å². The first kappa shape index (κ1) is 29.2. The van der Waals surface area contributed by atoms with Crippen molar-refractivity contribution in [3.05, 3.63) is 71.3 Å². The van der Waals surface area contributed by atoms with Gasteiger partial charge in [-0.05, 0) is 79.6 Å². The van der Waals surface area contributed by atoms with E-state index >= 15 is 0 Å². The van der Waals surface area contributed by atoms with Crippen LogP contribution in [0.2, 0.25) is 0 Å². The number of rotatable bonds is 10. The molecule has 1 amide bonds. The van der Waals surface area contributed by atoms with E-state index in [0.29, 0.717) is 24.1 Å². The molecular formula is C28H39F2N3O3S. The number of likely N-dealkylation sites (tertiary alicyclic amines) is 1. The van der Waals surface area contributed by atoms with Crippen molar-refractivity contribution in [3.8, 4) is 0 Å². The lowest BCUT2D eigenvalue weighted by Gasteiger charge is -2.38. The number of nitrogens with one attached hydrogen (secondary N) is 2. The summed E-state index contributed by atoms with van der Waals surface area (Å²) in [7, 11) is -3.32. The molecule has 1 aliphatic rings. The summed E-state index contributed by atoms with van der Waals surface area (Å²) in [6.07, 6.45) is 1.95. The first-order valence-corrected chi connectivity index (χ1v) is 14.5. The van der Waals surface area contributed by atoms with E-state index in [4.69, 9.17) is 0 Å². The second-order valence-electron chi connectivity index (χ2n) is 11.0. The Kier molecular flexibility index (Phi) is 9.83. The van der Waals surface area contributed by atoms with E-state index in [1.807, 2.05) is 20.8 Å². The summed E-state index contributed by atoms with van der Waals surface area (Å²) in [5.41, 5.74) is 0.870. The third kappa shape index (κ3) is 8.86. The van der Waals surface area contributed by atoms with Crippen LogP contribution in [0.4, 0.5) is 8.78 Å². The summed E-state index contributed by atoms with van der Waals surface area (Å²) in [5.74, 6) is -0.786. The van der Waals surface area contributed by atoms with Gasteiger partial charge < -0.3 is 10.2 Å². The smallest absolute Gasteiger partial charge is 0.221 e. The third-order valence-corrected chi connectivity index (χ3v) is 8.44. The Balaban J connectivity index is 1.60. The van der Waals surface area contributed by atoms with Crippen molar-refractivity contribution in [2.45, 2.75) is 59.0 Å². The van der Waals surface area contributed by atoms with E-state index in [2.05, 4.69) is 14.9 Å². The molecule has 2 aromatic rings. The summed E-state index contributed by atoms with van der Waals surface area (Å²) in [6, 6.07) is 11.1. The van der Waals surface area contributed by atoms with E-state index in [9.17, 15) is 22.0 Å². The SMILES string of the molecule is CCS(=O)(=O)NC(CN1CCC(CC(=O)NC(c2cccc(F)c2)c2cccc(F)c2)CC1)C(C)(C)C. The van der Waals surface area contributed by atoms with Crippen molar-refractivity contribution in [1.82, 2.24) is 14.9 Å². The van der Waals surface area contributed by atoms with Gasteiger partial charge >= 0.3 is 0 Å². The average molecular weight is 536 g/mol. The Morgan fingerprint density at radius 1 is 1.03 bits per heavy atom. The highest BCUT2D eigenvalue weighted by atomic mass is 32.2. The molecule has 37 heavy (non-hydrogen) atoms. The zero-order valence-corrected chi connectivity index (χ0v) is 23.0. The van der Waals surface area contributed by atoms with Crippen LogP contribution in [-0.4, -0.2) is 50.7 Å². The van der Waals surface area contributed by atoms with Gasteiger partial charge in [0, 0.05) is 19.0 Å². The molecule has 1 fully saturated rings. The lowest BCUT2D eigenvalue weighted by molar-refractivity contribution is -0.122. The number of hydrogen-bond donors (Lipinski definition) is 2. The minimum absolute atomic E-state index is 0.0446. The van der Waals surface area contributed by atoms with Crippen LogP contribution >= 0.6 is 0 Å². The fourth-order valence-electron chi connectivity index (χ4n) is 4.63. The second-order valence-corrected chi connectivity index (χ2v) is 13.0. The monoisotopic (exact) mass is 535 g/mol. The molecule has 9 heteroatoms. The fraction of sp³-hybridized carbons (Fsp3) is 0.536. The zero-order valence-electron chi connectivity index (χ0n) is 22.1. The molecule has 0 aliphatic carbocycles. The van der Waals surface area contributed by atoms with Crippen LogP contribution < -0.4 is 10.0 Å². The van der Waals surface area contributed by atoms with Crippen LogP contribution in [0.5, 0.6) is 0 Å². The van der Waals surface area contributed by atoms with Gasteiger partial charge in [0.25, 0.3) is 0 Å². The largest absolute Gasteiger partial charge is 0.345 e. The maximum absolute atomic E-state index is 13.9. The molecule has 1 aliphatic heterocycles. The molecular weight excluding hydrogens is 496 g/mol. The molecule has 6 nitrogen and oxygen atoms in total. The molecule has 1 unspecified atom stereocenters. The normalized spacial score (nSPS) is 16.6. The van der Waals surface area contributed by atoms with Crippen molar-refractivity contribution in [2.75, 3.05) is 25.4 Å². The number of carbonyl (C=O) groups is 1. The number of piperidine rings is 1. The molecule has 0 bridgehead atoms. The molecule has 2 aromatic carbocycles. The maximum Gasteiger partial charge on any atom is 0.221 e. The van der Waals surface area contributed by atoms with E-state index in [1.165, 1.54) is 24.3 Å². The first-order chi connectivity index (χ1) is 17.4. The van der Waals surface area contributed by atoms with Gasteiger partial charge in [-0.25, -0.2) is 21.9 Å². The predicted molar refractivity (Wildman–Crippen MR) is 142 cm³/mol. The molecule has 2 N–H and O–H groups in total. The number of hydrogen-bond acceptors (Lipinski definition) is 4. The van der Waals surface area contributed by atoms with Crippen molar-refractivity contribution in [3.63, 3.8) is 0 Å². The van der Waals surface area contributed by atoms with Crippen molar-refractivity contribution < 1.29 is 22.0 Å². The Morgan fingerprint density at radius 3 is 2.03 bits per heavy atom. The summed E-state index contributed by atoms with van der Waals surface area (Å²) in [4.78, 5) is 15.3. The minimum Gasteiger partial charge on any atom is -0.345 e. The number of sulfonamides is 1. The van der Waals surface area contributed by atoms with E-state index in [0.717, 1.165) is 25.9 Å². The fourth-order valence-corrected chi connectivity index (χ4v) is 5.66.